The van der Waals surface area contributed by atoms with Gasteiger partial charge in [-0.2, -0.15) is 0 Å². The first-order chi connectivity index (χ1) is 14.0. The third kappa shape index (κ3) is 3.50. The minimum atomic E-state index is -1.26. The molecule has 0 heterocycles. The summed E-state index contributed by atoms with van der Waals surface area (Å²) in [7, 11) is 0. The summed E-state index contributed by atoms with van der Waals surface area (Å²) in [4.78, 5) is 0. The van der Waals surface area contributed by atoms with Gasteiger partial charge in [0, 0.05) is 0 Å². The molecule has 0 saturated heterocycles. The highest BCUT2D eigenvalue weighted by Gasteiger charge is 2.56. The molecular formula is C28H44O. The highest BCUT2D eigenvalue weighted by Crippen LogP contribution is 2.65. The van der Waals surface area contributed by atoms with E-state index in [1.54, 1.807) is 5.57 Å². The zero-order chi connectivity index (χ0) is 21.9. The Morgan fingerprint density at radius 1 is 1.00 bits per heavy atom. The van der Waals surface area contributed by atoms with Crippen LogP contribution in [0.15, 0.2) is 35.5 Å². The standard InChI is InChI=1S/C28H44O/c1-18(2)19(3)7-8-20(4)24-11-12-25-23-10-9-21-17-22(29)13-15-27(21,5)26(23)14-16-28(24,25)6/h7-10,18-20,22,24-26,29H,11-17H2,1-6H3/t19-,20+,22-,24+,25-,26-,27-,28+/m0/s1/i22D. The van der Waals surface area contributed by atoms with Gasteiger partial charge < -0.3 is 5.11 Å². The number of aliphatic hydroxyl groups is 1. The van der Waals surface area contributed by atoms with Crippen LogP contribution in [-0.2, 0) is 0 Å². The SMILES string of the molecule is [2H][C@]1(O)CC[C@@]2(C)C(=CC=C3[C@@H]4CC[C@H]([C@H](C)C=C[C@H](C)C(C)C)[C@@]4(C)CC[C@@H]32)C1. The highest BCUT2D eigenvalue weighted by molar-refractivity contribution is 5.39. The van der Waals surface area contributed by atoms with E-state index in [0.29, 0.717) is 47.8 Å². The quantitative estimate of drug-likeness (QED) is 0.492. The molecule has 3 saturated carbocycles. The van der Waals surface area contributed by atoms with Gasteiger partial charge in [-0.05, 0) is 91.3 Å². The van der Waals surface area contributed by atoms with Crippen LogP contribution >= 0.6 is 0 Å². The molecule has 8 atom stereocenters. The van der Waals surface area contributed by atoms with Crippen LogP contribution < -0.4 is 0 Å². The third-order valence-electron chi connectivity index (χ3n) is 9.90. The van der Waals surface area contributed by atoms with Crippen molar-refractivity contribution in [3.05, 3.63) is 35.5 Å². The summed E-state index contributed by atoms with van der Waals surface area (Å²) >= 11 is 0. The normalized spacial score (nSPS) is 47.0. The van der Waals surface area contributed by atoms with E-state index in [2.05, 4.69) is 65.8 Å². The van der Waals surface area contributed by atoms with Crippen LogP contribution in [0.5, 0.6) is 0 Å². The summed E-state index contributed by atoms with van der Waals surface area (Å²) < 4.78 is 8.17. The van der Waals surface area contributed by atoms with E-state index in [9.17, 15) is 5.11 Å². The van der Waals surface area contributed by atoms with Crippen molar-refractivity contribution in [3.63, 3.8) is 0 Å². The van der Waals surface area contributed by atoms with E-state index in [-0.39, 0.29) is 5.41 Å². The van der Waals surface area contributed by atoms with Crippen LogP contribution in [0.2, 0.25) is 0 Å². The Balaban J connectivity index is 1.58. The molecule has 162 valence electrons. The van der Waals surface area contributed by atoms with Crippen LogP contribution in [0.1, 0.15) is 87.9 Å². The van der Waals surface area contributed by atoms with Crippen molar-refractivity contribution in [3.8, 4) is 0 Å². The van der Waals surface area contributed by atoms with Crippen molar-refractivity contribution in [2.45, 2.75) is 92.6 Å². The summed E-state index contributed by atoms with van der Waals surface area (Å²) in [6.07, 6.45) is 15.9. The Kier molecular flexibility index (Phi) is 5.34. The molecule has 29 heavy (non-hydrogen) atoms. The molecule has 1 heteroatoms. The number of hydrogen-bond donors (Lipinski definition) is 1. The van der Waals surface area contributed by atoms with Crippen molar-refractivity contribution in [2.75, 3.05) is 0 Å². The Hall–Kier alpha value is -0.820. The maximum Gasteiger partial charge on any atom is 0.0604 e. The maximum absolute atomic E-state index is 10.3. The molecule has 0 unspecified atom stereocenters. The Morgan fingerprint density at radius 2 is 1.76 bits per heavy atom. The Labute approximate surface area is 181 Å². The molecule has 1 nitrogen and oxygen atoms in total. The van der Waals surface area contributed by atoms with E-state index < -0.39 is 6.08 Å². The Bertz CT molecular complexity index is 759. The minimum Gasteiger partial charge on any atom is -0.393 e. The number of fused-ring (bicyclic) bond motifs is 5. The lowest BCUT2D eigenvalue weighted by Crippen LogP contribution is -2.46. The summed E-state index contributed by atoms with van der Waals surface area (Å²) in [5.41, 5.74) is 3.62. The summed E-state index contributed by atoms with van der Waals surface area (Å²) in [6.45, 7) is 14.5. The predicted molar refractivity (Wildman–Crippen MR) is 123 cm³/mol. The fourth-order valence-electron chi connectivity index (χ4n) is 7.44. The van der Waals surface area contributed by atoms with Gasteiger partial charge in [0.15, 0.2) is 0 Å². The van der Waals surface area contributed by atoms with Crippen molar-refractivity contribution in [2.24, 2.45) is 46.3 Å². The van der Waals surface area contributed by atoms with Crippen molar-refractivity contribution in [1.29, 1.82) is 0 Å². The van der Waals surface area contributed by atoms with Gasteiger partial charge in [0.25, 0.3) is 0 Å². The molecule has 0 aromatic rings. The number of hydrogen-bond acceptors (Lipinski definition) is 1. The molecule has 0 bridgehead atoms. The number of allylic oxidation sites excluding steroid dienone is 5. The van der Waals surface area contributed by atoms with Crippen LogP contribution in [0.4, 0.5) is 0 Å². The van der Waals surface area contributed by atoms with Crippen LogP contribution in [0.3, 0.4) is 0 Å². The largest absolute Gasteiger partial charge is 0.393 e. The van der Waals surface area contributed by atoms with E-state index >= 15 is 0 Å². The van der Waals surface area contributed by atoms with Crippen molar-refractivity contribution < 1.29 is 6.48 Å². The van der Waals surface area contributed by atoms with Crippen LogP contribution in [0.25, 0.3) is 0 Å². The van der Waals surface area contributed by atoms with Gasteiger partial charge in [0.2, 0.25) is 0 Å². The van der Waals surface area contributed by atoms with Gasteiger partial charge in [-0.1, -0.05) is 77.0 Å². The molecule has 4 rings (SSSR count). The molecule has 0 spiro atoms. The molecule has 0 amide bonds. The zero-order valence-electron chi connectivity index (χ0n) is 20.7. The van der Waals surface area contributed by atoms with Gasteiger partial charge in [0.05, 0.1) is 7.45 Å². The van der Waals surface area contributed by atoms with Crippen LogP contribution in [-0.4, -0.2) is 11.2 Å². The third-order valence-corrected chi connectivity index (χ3v) is 9.90. The molecule has 4 aliphatic carbocycles. The second-order valence-corrected chi connectivity index (χ2v) is 11.7. The van der Waals surface area contributed by atoms with Gasteiger partial charge in [0.1, 0.15) is 0 Å². The van der Waals surface area contributed by atoms with E-state index in [1.165, 1.54) is 31.3 Å². The molecule has 3 fully saturated rings. The average Bonchev–Trinajstić information content (AvgIpc) is 3.03. The average molecular weight is 398 g/mol. The smallest absolute Gasteiger partial charge is 0.0604 e. The lowest BCUT2D eigenvalue weighted by molar-refractivity contribution is 0.0382. The fraction of sp³-hybridized carbons (Fsp3) is 0.786. The Morgan fingerprint density at radius 3 is 2.48 bits per heavy atom. The first kappa shape index (κ1) is 20.1. The lowest BCUT2D eigenvalue weighted by Gasteiger charge is -2.55. The molecule has 0 aromatic heterocycles. The molecule has 1 N–H and O–H groups in total. The lowest BCUT2D eigenvalue weighted by atomic mass is 9.50. The topological polar surface area (TPSA) is 20.2 Å². The van der Waals surface area contributed by atoms with Gasteiger partial charge in [-0.3, -0.25) is 0 Å². The van der Waals surface area contributed by atoms with Gasteiger partial charge >= 0.3 is 0 Å². The zero-order valence-corrected chi connectivity index (χ0v) is 19.7. The minimum absolute atomic E-state index is 0.162. The predicted octanol–water partition coefficient (Wildman–Crippen LogP) is 7.33. The summed E-state index contributed by atoms with van der Waals surface area (Å²) in [6, 6.07) is 0. The first-order valence-corrected chi connectivity index (χ1v) is 12.3. The molecule has 4 aliphatic rings. The second kappa shape index (κ2) is 7.70. The second-order valence-electron chi connectivity index (χ2n) is 11.7. The van der Waals surface area contributed by atoms with Gasteiger partial charge in [-0.25, -0.2) is 0 Å². The highest BCUT2D eigenvalue weighted by atomic mass is 16.3. The van der Waals surface area contributed by atoms with Crippen LogP contribution in [0, 0.1) is 46.3 Å². The number of rotatable bonds is 4. The van der Waals surface area contributed by atoms with E-state index in [4.69, 9.17) is 1.37 Å². The van der Waals surface area contributed by atoms with Gasteiger partial charge in [-0.15, -0.1) is 0 Å². The maximum atomic E-state index is 10.3. The van der Waals surface area contributed by atoms with E-state index in [1.807, 2.05) is 0 Å². The summed E-state index contributed by atoms with van der Waals surface area (Å²) in [5.74, 6) is 4.13. The molecule has 0 aliphatic heterocycles. The molecule has 0 aromatic carbocycles. The monoisotopic (exact) mass is 397 g/mol. The molecular weight excluding hydrogens is 352 g/mol. The van der Waals surface area contributed by atoms with Crippen molar-refractivity contribution >= 4 is 0 Å². The van der Waals surface area contributed by atoms with Crippen molar-refractivity contribution in [1.82, 2.24) is 0 Å². The first-order valence-electron chi connectivity index (χ1n) is 12.8. The summed E-state index contributed by atoms with van der Waals surface area (Å²) in [5, 5.41) is 10.3. The molecule has 0 radical (unpaired) electrons. The van der Waals surface area contributed by atoms with E-state index in [0.717, 1.165) is 12.3 Å². The fourth-order valence-corrected chi connectivity index (χ4v) is 7.44.